The van der Waals surface area contributed by atoms with E-state index in [1.807, 2.05) is 13.0 Å². The lowest BCUT2D eigenvalue weighted by molar-refractivity contribution is 0.102. The van der Waals surface area contributed by atoms with Gasteiger partial charge in [-0.25, -0.2) is 9.37 Å². The second kappa shape index (κ2) is 5.81. The van der Waals surface area contributed by atoms with E-state index < -0.39 is 17.3 Å². The number of aryl methyl sites for hydroxylation is 1. The number of halogens is 2. The Morgan fingerprint density at radius 1 is 1.30 bits per heavy atom. The highest BCUT2D eigenvalue weighted by molar-refractivity contribution is 6.31. The van der Waals surface area contributed by atoms with Crippen LogP contribution in [0.3, 0.4) is 0 Å². The monoisotopic (exact) mass is 331 g/mol. The van der Waals surface area contributed by atoms with Gasteiger partial charge in [0.1, 0.15) is 17.0 Å². The molecule has 0 spiro atoms. The summed E-state index contributed by atoms with van der Waals surface area (Å²) >= 11 is 5.67. The summed E-state index contributed by atoms with van der Waals surface area (Å²) in [6, 6.07) is 7.27. The lowest BCUT2D eigenvalue weighted by Gasteiger charge is -2.07. The van der Waals surface area contributed by atoms with Crippen molar-refractivity contribution in [2.24, 2.45) is 0 Å². The number of aromatic nitrogens is 2. The predicted octanol–water partition coefficient (Wildman–Crippen LogP) is 3.05. The summed E-state index contributed by atoms with van der Waals surface area (Å²) in [5.74, 6) is -1.23. The van der Waals surface area contributed by atoms with E-state index in [-0.39, 0.29) is 16.3 Å². The Kier molecular flexibility index (Phi) is 3.83. The topological polar surface area (TPSA) is 63.5 Å². The van der Waals surface area contributed by atoms with E-state index in [1.165, 1.54) is 22.7 Å². The fourth-order valence-electron chi connectivity index (χ4n) is 2.11. The largest absolute Gasteiger partial charge is 0.322 e. The number of nitrogens with one attached hydrogen (secondary N) is 1. The molecule has 1 aromatic carbocycles. The van der Waals surface area contributed by atoms with Crippen molar-refractivity contribution in [1.82, 2.24) is 9.38 Å². The van der Waals surface area contributed by atoms with Gasteiger partial charge in [0.25, 0.3) is 11.5 Å². The average molecular weight is 332 g/mol. The molecule has 0 aliphatic rings. The van der Waals surface area contributed by atoms with Gasteiger partial charge in [0.15, 0.2) is 0 Å². The summed E-state index contributed by atoms with van der Waals surface area (Å²) in [6.45, 7) is 1.83. The minimum absolute atomic E-state index is 0.117. The molecule has 0 fully saturated rings. The molecule has 5 nitrogen and oxygen atoms in total. The second-order valence-electron chi connectivity index (χ2n) is 4.99. The van der Waals surface area contributed by atoms with Crippen molar-refractivity contribution in [1.29, 1.82) is 0 Å². The number of hydrogen-bond donors (Lipinski definition) is 1. The quantitative estimate of drug-likeness (QED) is 0.785. The van der Waals surface area contributed by atoms with Crippen molar-refractivity contribution in [3.05, 3.63) is 75.0 Å². The summed E-state index contributed by atoms with van der Waals surface area (Å²) in [5.41, 5.74) is 0.999. The molecule has 2 heterocycles. The van der Waals surface area contributed by atoms with Gasteiger partial charge in [-0.15, -0.1) is 0 Å². The Hall–Kier alpha value is -2.73. The summed E-state index contributed by atoms with van der Waals surface area (Å²) in [5, 5.41) is 2.38. The maximum absolute atomic E-state index is 13.1. The highest BCUT2D eigenvalue weighted by Gasteiger charge is 2.14. The normalized spacial score (nSPS) is 10.7. The molecule has 0 aliphatic heterocycles. The van der Waals surface area contributed by atoms with Gasteiger partial charge in [0.05, 0.1) is 5.02 Å². The standard InChI is InChI=1S/C16H11ClFN3O2/c1-9-2-5-14-19-7-11(16(23)21(14)8-9)15(22)20-10-3-4-13(18)12(17)6-10/h2-8H,1H3,(H,20,22). The Balaban J connectivity index is 1.99. The number of amides is 1. The Bertz CT molecular complexity index is 985. The third-order valence-corrected chi connectivity index (χ3v) is 3.56. The molecule has 0 unspecified atom stereocenters. The first-order valence-corrected chi connectivity index (χ1v) is 7.08. The lowest BCUT2D eigenvalue weighted by atomic mass is 10.2. The molecule has 3 rings (SSSR count). The summed E-state index contributed by atoms with van der Waals surface area (Å²) in [7, 11) is 0. The number of benzene rings is 1. The predicted molar refractivity (Wildman–Crippen MR) is 85.6 cm³/mol. The molecule has 23 heavy (non-hydrogen) atoms. The van der Waals surface area contributed by atoms with Gasteiger partial charge in [-0.1, -0.05) is 17.7 Å². The van der Waals surface area contributed by atoms with Crippen LogP contribution in [0.5, 0.6) is 0 Å². The number of fused-ring (bicyclic) bond motifs is 1. The molecule has 0 radical (unpaired) electrons. The van der Waals surface area contributed by atoms with Crippen LogP contribution in [0.1, 0.15) is 15.9 Å². The number of carbonyl (C=O) groups excluding carboxylic acids is 1. The van der Waals surface area contributed by atoms with Gasteiger partial charge in [0.2, 0.25) is 0 Å². The first-order chi connectivity index (χ1) is 11.0. The number of rotatable bonds is 2. The van der Waals surface area contributed by atoms with Crippen LogP contribution in [0.15, 0.2) is 47.5 Å². The maximum atomic E-state index is 13.1. The second-order valence-corrected chi connectivity index (χ2v) is 5.40. The van der Waals surface area contributed by atoms with Gasteiger partial charge >= 0.3 is 0 Å². The van der Waals surface area contributed by atoms with Crippen LogP contribution in [-0.2, 0) is 0 Å². The Morgan fingerprint density at radius 3 is 2.83 bits per heavy atom. The molecule has 116 valence electrons. The van der Waals surface area contributed by atoms with E-state index in [9.17, 15) is 14.0 Å². The summed E-state index contributed by atoms with van der Waals surface area (Å²) in [4.78, 5) is 28.8. The van der Waals surface area contributed by atoms with Gasteiger partial charge in [-0.3, -0.25) is 14.0 Å². The molecule has 0 atom stereocenters. The highest BCUT2D eigenvalue weighted by atomic mass is 35.5. The zero-order valence-corrected chi connectivity index (χ0v) is 12.8. The number of pyridine rings is 1. The van der Waals surface area contributed by atoms with Crippen molar-refractivity contribution >= 4 is 28.8 Å². The van der Waals surface area contributed by atoms with Crippen LogP contribution >= 0.6 is 11.6 Å². The summed E-state index contributed by atoms with van der Waals surface area (Å²) < 4.78 is 14.4. The van der Waals surface area contributed by atoms with E-state index in [0.29, 0.717) is 5.65 Å². The third kappa shape index (κ3) is 2.93. The highest BCUT2D eigenvalue weighted by Crippen LogP contribution is 2.19. The first kappa shape index (κ1) is 15.2. The molecule has 3 aromatic rings. The van der Waals surface area contributed by atoms with Crippen LogP contribution in [0.25, 0.3) is 5.65 Å². The van der Waals surface area contributed by atoms with E-state index in [1.54, 1.807) is 12.3 Å². The SMILES string of the molecule is Cc1ccc2ncc(C(=O)Nc3ccc(F)c(Cl)c3)c(=O)n2c1. The Morgan fingerprint density at radius 2 is 2.09 bits per heavy atom. The van der Waals surface area contributed by atoms with Crippen molar-refractivity contribution < 1.29 is 9.18 Å². The molecular formula is C16H11ClFN3O2. The minimum atomic E-state index is -0.638. The van der Waals surface area contributed by atoms with Crippen LogP contribution in [0.2, 0.25) is 5.02 Å². The zero-order chi connectivity index (χ0) is 16.6. The number of hydrogen-bond acceptors (Lipinski definition) is 3. The van der Waals surface area contributed by atoms with Crippen molar-refractivity contribution in [3.8, 4) is 0 Å². The molecule has 1 amide bonds. The van der Waals surface area contributed by atoms with Crippen LogP contribution in [0, 0.1) is 12.7 Å². The molecule has 2 aromatic heterocycles. The minimum Gasteiger partial charge on any atom is -0.322 e. The molecule has 0 saturated heterocycles. The summed E-state index contributed by atoms with van der Waals surface area (Å²) in [6.07, 6.45) is 2.82. The fourth-order valence-corrected chi connectivity index (χ4v) is 2.29. The fraction of sp³-hybridized carbons (Fsp3) is 0.0625. The average Bonchev–Trinajstić information content (AvgIpc) is 2.52. The van der Waals surface area contributed by atoms with Gasteiger partial charge in [0, 0.05) is 18.1 Å². The molecular weight excluding hydrogens is 321 g/mol. The number of carbonyl (C=O) groups is 1. The van der Waals surface area contributed by atoms with Gasteiger partial charge in [-0.05, 0) is 36.8 Å². The molecule has 1 N–H and O–H groups in total. The van der Waals surface area contributed by atoms with E-state index in [2.05, 4.69) is 10.3 Å². The van der Waals surface area contributed by atoms with E-state index in [4.69, 9.17) is 11.6 Å². The van der Waals surface area contributed by atoms with Crippen molar-refractivity contribution in [2.75, 3.05) is 5.32 Å². The van der Waals surface area contributed by atoms with Gasteiger partial charge < -0.3 is 5.32 Å². The van der Waals surface area contributed by atoms with E-state index in [0.717, 1.165) is 11.6 Å². The maximum Gasteiger partial charge on any atom is 0.270 e. The number of nitrogens with zero attached hydrogens (tertiary/aromatic N) is 2. The van der Waals surface area contributed by atoms with Crippen LogP contribution in [0.4, 0.5) is 10.1 Å². The molecule has 0 saturated carbocycles. The van der Waals surface area contributed by atoms with Gasteiger partial charge in [-0.2, -0.15) is 0 Å². The molecule has 0 bridgehead atoms. The van der Waals surface area contributed by atoms with Crippen LogP contribution in [-0.4, -0.2) is 15.3 Å². The first-order valence-electron chi connectivity index (χ1n) is 6.70. The lowest BCUT2D eigenvalue weighted by Crippen LogP contribution is -2.26. The molecule has 0 aliphatic carbocycles. The third-order valence-electron chi connectivity index (χ3n) is 3.27. The van der Waals surface area contributed by atoms with Crippen molar-refractivity contribution in [2.45, 2.75) is 6.92 Å². The zero-order valence-electron chi connectivity index (χ0n) is 12.0. The molecule has 7 heteroatoms. The van der Waals surface area contributed by atoms with Crippen molar-refractivity contribution in [3.63, 3.8) is 0 Å². The number of anilines is 1. The van der Waals surface area contributed by atoms with E-state index >= 15 is 0 Å². The Labute approximate surface area is 135 Å². The smallest absolute Gasteiger partial charge is 0.270 e. The van der Waals surface area contributed by atoms with Crippen LogP contribution < -0.4 is 10.9 Å².